The number of pyridine rings is 1. The van der Waals surface area contributed by atoms with E-state index in [2.05, 4.69) is 11.4 Å². The van der Waals surface area contributed by atoms with Crippen molar-refractivity contribution in [1.82, 2.24) is 4.98 Å². The molecule has 1 heterocycles. The molecular weight excluding hydrogens is 342 g/mol. The lowest BCUT2D eigenvalue weighted by Gasteiger charge is -2.19. The van der Waals surface area contributed by atoms with Crippen LogP contribution in [-0.2, 0) is 17.6 Å². The Morgan fingerprint density at radius 2 is 2.12 bits per heavy atom. The highest BCUT2D eigenvalue weighted by Crippen LogP contribution is 2.31. The van der Waals surface area contributed by atoms with E-state index in [1.165, 1.54) is 17.3 Å². The van der Waals surface area contributed by atoms with Crippen molar-refractivity contribution >= 4 is 23.4 Å². The van der Waals surface area contributed by atoms with E-state index in [0.717, 1.165) is 42.6 Å². The maximum atomic E-state index is 12.7. The molecule has 1 aromatic carbocycles. The number of anilines is 1. The summed E-state index contributed by atoms with van der Waals surface area (Å²) in [6, 6.07) is 12.0. The predicted octanol–water partition coefficient (Wildman–Crippen LogP) is 4.65. The quantitative estimate of drug-likeness (QED) is 0.783. The standard InChI is InChI=1S/C21H23N3OS/c1-3-19(20(25)23-17-10-6-4-8-14(17)2)26-21-16(13-22)12-15-9-5-7-11-18(15)24-21/h4,6,8,10,12,19H,3,5,7,9,11H2,1-2H3,(H,23,25). The minimum absolute atomic E-state index is 0.0461. The second-order valence-electron chi connectivity index (χ2n) is 6.58. The van der Waals surface area contributed by atoms with Gasteiger partial charge in [-0.05, 0) is 62.3 Å². The Morgan fingerprint density at radius 3 is 2.85 bits per heavy atom. The number of rotatable bonds is 5. The van der Waals surface area contributed by atoms with Gasteiger partial charge in [0.1, 0.15) is 11.1 Å². The van der Waals surface area contributed by atoms with Crippen LogP contribution < -0.4 is 5.32 Å². The molecule has 4 nitrogen and oxygen atoms in total. The molecule has 1 unspecified atom stereocenters. The van der Waals surface area contributed by atoms with Gasteiger partial charge in [0.15, 0.2) is 0 Å². The van der Waals surface area contributed by atoms with Crippen molar-refractivity contribution in [1.29, 1.82) is 5.26 Å². The average Bonchev–Trinajstić information content (AvgIpc) is 2.67. The molecule has 2 aromatic rings. The number of nitrogens with one attached hydrogen (secondary N) is 1. The highest BCUT2D eigenvalue weighted by Gasteiger charge is 2.23. The second-order valence-corrected chi connectivity index (χ2v) is 7.78. The van der Waals surface area contributed by atoms with Gasteiger partial charge >= 0.3 is 0 Å². The normalized spacial score (nSPS) is 14.2. The van der Waals surface area contributed by atoms with E-state index >= 15 is 0 Å². The highest BCUT2D eigenvalue weighted by atomic mass is 32.2. The number of para-hydroxylation sites is 1. The number of benzene rings is 1. The molecular formula is C21H23N3OS. The molecule has 26 heavy (non-hydrogen) atoms. The smallest absolute Gasteiger partial charge is 0.237 e. The SMILES string of the molecule is CCC(Sc1nc2c(cc1C#N)CCCC2)C(=O)Nc1ccccc1C. The topological polar surface area (TPSA) is 65.8 Å². The van der Waals surface area contributed by atoms with Crippen molar-refractivity contribution in [2.24, 2.45) is 0 Å². The van der Waals surface area contributed by atoms with Crippen molar-refractivity contribution < 1.29 is 4.79 Å². The molecule has 1 aromatic heterocycles. The monoisotopic (exact) mass is 365 g/mol. The molecule has 0 radical (unpaired) electrons. The Bertz CT molecular complexity index is 857. The summed E-state index contributed by atoms with van der Waals surface area (Å²) in [5.41, 5.74) is 4.72. The third-order valence-electron chi connectivity index (χ3n) is 4.71. The van der Waals surface area contributed by atoms with Crippen LogP contribution in [0.25, 0.3) is 0 Å². The summed E-state index contributed by atoms with van der Waals surface area (Å²) in [4.78, 5) is 17.5. The molecule has 0 bridgehead atoms. The third kappa shape index (κ3) is 4.08. The molecule has 1 aliphatic carbocycles. The van der Waals surface area contributed by atoms with E-state index in [-0.39, 0.29) is 11.2 Å². The van der Waals surface area contributed by atoms with E-state index in [1.807, 2.05) is 44.2 Å². The van der Waals surface area contributed by atoms with E-state index in [4.69, 9.17) is 4.98 Å². The number of hydrogen-bond acceptors (Lipinski definition) is 4. The minimum Gasteiger partial charge on any atom is -0.325 e. The number of nitriles is 1. The Balaban J connectivity index is 1.80. The first-order chi connectivity index (χ1) is 12.6. The molecule has 0 saturated carbocycles. The van der Waals surface area contributed by atoms with E-state index in [1.54, 1.807) is 0 Å². The summed E-state index contributed by atoms with van der Waals surface area (Å²) in [6.07, 6.45) is 4.92. The number of aryl methyl sites for hydroxylation is 3. The molecule has 1 atom stereocenters. The van der Waals surface area contributed by atoms with Crippen LogP contribution in [0.5, 0.6) is 0 Å². The molecule has 1 aliphatic rings. The predicted molar refractivity (Wildman–Crippen MR) is 105 cm³/mol. The lowest BCUT2D eigenvalue weighted by molar-refractivity contribution is -0.115. The fourth-order valence-corrected chi connectivity index (χ4v) is 4.16. The Labute approximate surface area is 159 Å². The number of thioether (sulfide) groups is 1. The molecule has 0 fully saturated rings. The lowest BCUT2D eigenvalue weighted by atomic mass is 9.95. The van der Waals surface area contributed by atoms with Crippen LogP contribution in [0.1, 0.15) is 48.6 Å². The molecule has 0 saturated heterocycles. The van der Waals surface area contributed by atoms with E-state index in [9.17, 15) is 10.1 Å². The number of hydrogen-bond donors (Lipinski definition) is 1. The van der Waals surface area contributed by atoms with Crippen LogP contribution >= 0.6 is 11.8 Å². The van der Waals surface area contributed by atoms with Crippen LogP contribution in [0.2, 0.25) is 0 Å². The first-order valence-electron chi connectivity index (χ1n) is 9.08. The van der Waals surface area contributed by atoms with Crippen LogP contribution in [0.15, 0.2) is 35.4 Å². The highest BCUT2D eigenvalue weighted by molar-refractivity contribution is 8.00. The van der Waals surface area contributed by atoms with Crippen molar-refractivity contribution in [3.63, 3.8) is 0 Å². The molecule has 1 amide bonds. The molecule has 0 spiro atoms. The second kappa shape index (κ2) is 8.37. The number of nitrogens with zero attached hydrogens (tertiary/aromatic N) is 2. The van der Waals surface area contributed by atoms with Crippen molar-refractivity contribution in [2.45, 2.75) is 56.2 Å². The molecule has 3 rings (SSSR count). The van der Waals surface area contributed by atoms with Gasteiger partial charge in [-0.15, -0.1) is 0 Å². The summed E-state index contributed by atoms with van der Waals surface area (Å²) in [5, 5.41) is 12.9. The number of carbonyl (C=O) groups excluding carboxylic acids is 1. The largest absolute Gasteiger partial charge is 0.325 e. The van der Waals surface area contributed by atoms with E-state index < -0.39 is 0 Å². The number of carbonyl (C=O) groups is 1. The van der Waals surface area contributed by atoms with E-state index in [0.29, 0.717) is 17.0 Å². The maximum absolute atomic E-state index is 12.7. The summed E-state index contributed by atoms with van der Waals surface area (Å²) in [6.45, 7) is 3.96. The number of fused-ring (bicyclic) bond motifs is 1. The average molecular weight is 366 g/mol. The summed E-state index contributed by atoms with van der Waals surface area (Å²) in [7, 11) is 0. The fourth-order valence-electron chi connectivity index (χ4n) is 3.17. The summed E-state index contributed by atoms with van der Waals surface area (Å²) >= 11 is 1.40. The van der Waals surface area contributed by atoms with Crippen LogP contribution in [-0.4, -0.2) is 16.1 Å². The van der Waals surface area contributed by atoms with Gasteiger partial charge < -0.3 is 5.32 Å². The van der Waals surface area contributed by atoms with Crippen LogP contribution in [0.3, 0.4) is 0 Å². The molecule has 0 aliphatic heterocycles. The van der Waals surface area contributed by atoms with Gasteiger partial charge in [-0.2, -0.15) is 5.26 Å². The molecule has 1 N–H and O–H groups in total. The number of aromatic nitrogens is 1. The Kier molecular flexibility index (Phi) is 5.95. The van der Waals surface area contributed by atoms with Gasteiger partial charge in [-0.25, -0.2) is 4.98 Å². The molecule has 134 valence electrons. The number of amides is 1. The molecule has 5 heteroatoms. The Hall–Kier alpha value is -2.32. The summed E-state index contributed by atoms with van der Waals surface area (Å²) in [5.74, 6) is -0.0461. The zero-order valence-corrected chi connectivity index (χ0v) is 16.0. The van der Waals surface area contributed by atoms with Crippen LogP contribution in [0.4, 0.5) is 5.69 Å². The zero-order valence-electron chi connectivity index (χ0n) is 15.2. The Morgan fingerprint density at radius 1 is 1.35 bits per heavy atom. The van der Waals surface area contributed by atoms with Crippen molar-refractivity contribution in [3.05, 3.63) is 52.7 Å². The van der Waals surface area contributed by atoms with Gasteiger partial charge in [0, 0.05) is 11.4 Å². The summed E-state index contributed by atoms with van der Waals surface area (Å²) < 4.78 is 0. The van der Waals surface area contributed by atoms with Gasteiger partial charge in [-0.1, -0.05) is 36.9 Å². The van der Waals surface area contributed by atoms with Crippen molar-refractivity contribution in [2.75, 3.05) is 5.32 Å². The first-order valence-corrected chi connectivity index (χ1v) is 9.96. The third-order valence-corrected chi connectivity index (χ3v) is 6.07. The van der Waals surface area contributed by atoms with Crippen LogP contribution in [0, 0.1) is 18.3 Å². The fraction of sp³-hybridized carbons (Fsp3) is 0.381. The lowest BCUT2D eigenvalue weighted by Crippen LogP contribution is -2.25. The van der Waals surface area contributed by atoms with Crippen molar-refractivity contribution in [3.8, 4) is 6.07 Å². The van der Waals surface area contributed by atoms with Gasteiger partial charge in [0.25, 0.3) is 0 Å². The zero-order chi connectivity index (χ0) is 18.5. The minimum atomic E-state index is -0.282. The first kappa shape index (κ1) is 18.5. The maximum Gasteiger partial charge on any atom is 0.237 e. The van der Waals surface area contributed by atoms with Gasteiger partial charge in [0.2, 0.25) is 5.91 Å². The van der Waals surface area contributed by atoms with Gasteiger partial charge in [0.05, 0.1) is 10.8 Å². The van der Waals surface area contributed by atoms with Gasteiger partial charge in [-0.3, -0.25) is 4.79 Å².